The molecule has 1 heteroatoms. The SMILES string of the molecule is c1cc(C2CCC2)ccn1. The molecule has 2 rings (SSSR count). The maximum absolute atomic E-state index is 3.99. The summed E-state index contributed by atoms with van der Waals surface area (Å²) in [5.41, 5.74) is 1.47. The van der Waals surface area contributed by atoms with Crippen LogP contribution in [-0.2, 0) is 0 Å². The Morgan fingerprint density at radius 1 is 1.20 bits per heavy atom. The molecule has 1 aliphatic rings. The molecule has 0 aliphatic heterocycles. The third-order valence-electron chi connectivity index (χ3n) is 2.28. The Hall–Kier alpha value is -0.850. The van der Waals surface area contributed by atoms with Crippen LogP contribution in [0.15, 0.2) is 24.5 Å². The van der Waals surface area contributed by atoms with E-state index in [2.05, 4.69) is 17.1 Å². The zero-order chi connectivity index (χ0) is 6.81. The summed E-state index contributed by atoms with van der Waals surface area (Å²) in [7, 11) is 0. The second kappa shape index (κ2) is 2.41. The van der Waals surface area contributed by atoms with E-state index in [0.717, 1.165) is 5.92 Å². The minimum atomic E-state index is 0.850. The van der Waals surface area contributed by atoms with Crippen LogP contribution in [0.2, 0.25) is 0 Å². The van der Waals surface area contributed by atoms with E-state index >= 15 is 0 Å². The Labute approximate surface area is 61.1 Å². The van der Waals surface area contributed by atoms with Crippen LogP contribution in [-0.4, -0.2) is 4.98 Å². The molecule has 1 aromatic rings. The van der Waals surface area contributed by atoms with Crippen LogP contribution in [0.4, 0.5) is 0 Å². The lowest BCUT2D eigenvalue weighted by molar-refractivity contribution is 0.419. The molecule has 1 heterocycles. The van der Waals surface area contributed by atoms with Gasteiger partial charge in [0.05, 0.1) is 0 Å². The summed E-state index contributed by atoms with van der Waals surface area (Å²) in [5.74, 6) is 0.850. The van der Waals surface area contributed by atoms with Gasteiger partial charge in [-0.25, -0.2) is 0 Å². The smallest absolute Gasteiger partial charge is 0.0270 e. The lowest BCUT2D eigenvalue weighted by Gasteiger charge is -2.25. The van der Waals surface area contributed by atoms with E-state index in [1.54, 1.807) is 0 Å². The van der Waals surface area contributed by atoms with Crippen molar-refractivity contribution in [1.29, 1.82) is 0 Å². The molecule has 0 radical (unpaired) electrons. The molecule has 1 aromatic heterocycles. The molecule has 0 N–H and O–H groups in total. The maximum Gasteiger partial charge on any atom is 0.0270 e. The Bertz CT molecular complexity index is 201. The molecular formula is C9H11N. The summed E-state index contributed by atoms with van der Waals surface area (Å²) in [4.78, 5) is 3.99. The predicted octanol–water partition coefficient (Wildman–Crippen LogP) is 2.35. The molecule has 52 valence electrons. The first-order chi connectivity index (χ1) is 4.97. The number of nitrogens with zero attached hydrogens (tertiary/aromatic N) is 1. The predicted molar refractivity (Wildman–Crippen MR) is 40.8 cm³/mol. The van der Waals surface area contributed by atoms with Gasteiger partial charge in [0.2, 0.25) is 0 Å². The van der Waals surface area contributed by atoms with Crippen molar-refractivity contribution in [3.63, 3.8) is 0 Å². The summed E-state index contributed by atoms with van der Waals surface area (Å²) in [6.07, 6.45) is 7.93. The van der Waals surface area contributed by atoms with Gasteiger partial charge in [-0.15, -0.1) is 0 Å². The quantitative estimate of drug-likeness (QED) is 0.573. The molecule has 1 fully saturated rings. The van der Waals surface area contributed by atoms with Crippen LogP contribution >= 0.6 is 0 Å². The second-order valence-corrected chi connectivity index (χ2v) is 2.91. The summed E-state index contributed by atoms with van der Waals surface area (Å²) >= 11 is 0. The number of rotatable bonds is 1. The molecule has 0 bridgehead atoms. The Morgan fingerprint density at radius 2 is 1.90 bits per heavy atom. The fraction of sp³-hybridized carbons (Fsp3) is 0.444. The third-order valence-corrected chi connectivity index (χ3v) is 2.28. The first-order valence-corrected chi connectivity index (χ1v) is 3.87. The second-order valence-electron chi connectivity index (χ2n) is 2.91. The van der Waals surface area contributed by atoms with Gasteiger partial charge >= 0.3 is 0 Å². The number of hydrogen-bond donors (Lipinski definition) is 0. The van der Waals surface area contributed by atoms with Crippen molar-refractivity contribution in [2.24, 2.45) is 0 Å². The van der Waals surface area contributed by atoms with Gasteiger partial charge in [-0.3, -0.25) is 4.98 Å². The van der Waals surface area contributed by atoms with Crippen molar-refractivity contribution >= 4 is 0 Å². The minimum absolute atomic E-state index is 0.850. The molecular weight excluding hydrogens is 122 g/mol. The van der Waals surface area contributed by atoms with Gasteiger partial charge in [0, 0.05) is 12.4 Å². The highest BCUT2D eigenvalue weighted by atomic mass is 14.6. The van der Waals surface area contributed by atoms with E-state index in [-0.39, 0.29) is 0 Å². The van der Waals surface area contributed by atoms with Gasteiger partial charge in [0.15, 0.2) is 0 Å². The largest absolute Gasteiger partial charge is 0.265 e. The molecule has 1 aliphatic carbocycles. The minimum Gasteiger partial charge on any atom is -0.265 e. The van der Waals surface area contributed by atoms with E-state index < -0.39 is 0 Å². The molecule has 0 aromatic carbocycles. The first kappa shape index (κ1) is 5.90. The monoisotopic (exact) mass is 133 g/mol. The lowest BCUT2D eigenvalue weighted by Crippen LogP contribution is -2.08. The molecule has 0 unspecified atom stereocenters. The molecule has 1 nitrogen and oxygen atoms in total. The van der Waals surface area contributed by atoms with Crippen molar-refractivity contribution in [1.82, 2.24) is 4.98 Å². The summed E-state index contributed by atoms with van der Waals surface area (Å²) < 4.78 is 0. The van der Waals surface area contributed by atoms with Crippen LogP contribution in [0.1, 0.15) is 30.7 Å². The van der Waals surface area contributed by atoms with Crippen LogP contribution in [0.3, 0.4) is 0 Å². The van der Waals surface area contributed by atoms with E-state index in [4.69, 9.17) is 0 Å². The molecule has 0 atom stereocenters. The van der Waals surface area contributed by atoms with E-state index in [0.29, 0.717) is 0 Å². The number of pyridine rings is 1. The van der Waals surface area contributed by atoms with Crippen LogP contribution in [0, 0.1) is 0 Å². The van der Waals surface area contributed by atoms with Gasteiger partial charge in [-0.1, -0.05) is 6.42 Å². The average molecular weight is 133 g/mol. The highest BCUT2D eigenvalue weighted by Crippen LogP contribution is 2.35. The number of hydrogen-bond acceptors (Lipinski definition) is 1. The van der Waals surface area contributed by atoms with Gasteiger partial charge in [-0.05, 0) is 36.5 Å². The van der Waals surface area contributed by atoms with Gasteiger partial charge in [-0.2, -0.15) is 0 Å². The van der Waals surface area contributed by atoms with Gasteiger partial charge in [0.1, 0.15) is 0 Å². The zero-order valence-corrected chi connectivity index (χ0v) is 5.96. The van der Waals surface area contributed by atoms with E-state index in [9.17, 15) is 0 Å². The molecule has 0 amide bonds. The highest BCUT2D eigenvalue weighted by molar-refractivity contribution is 5.17. The standard InChI is InChI=1S/C9H11N/c1-2-8(3-1)9-4-6-10-7-5-9/h4-8H,1-3H2. The van der Waals surface area contributed by atoms with E-state index in [1.807, 2.05) is 12.4 Å². The summed E-state index contributed by atoms with van der Waals surface area (Å²) in [6, 6.07) is 4.26. The Kier molecular flexibility index (Phi) is 1.42. The fourth-order valence-corrected chi connectivity index (χ4v) is 1.38. The van der Waals surface area contributed by atoms with Crippen molar-refractivity contribution in [2.45, 2.75) is 25.2 Å². The summed E-state index contributed by atoms with van der Waals surface area (Å²) in [5, 5.41) is 0. The zero-order valence-electron chi connectivity index (χ0n) is 5.96. The number of aromatic nitrogens is 1. The molecule has 1 saturated carbocycles. The third kappa shape index (κ3) is 0.919. The van der Waals surface area contributed by atoms with Crippen molar-refractivity contribution in [3.05, 3.63) is 30.1 Å². The Balaban J connectivity index is 2.18. The van der Waals surface area contributed by atoms with E-state index in [1.165, 1.54) is 24.8 Å². The van der Waals surface area contributed by atoms with Gasteiger partial charge in [0.25, 0.3) is 0 Å². The normalized spacial score (nSPS) is 18.4. The Morgan fingerprint density at radius 3 is 2.40 bits per heavy atom. The first-order valence-electron chi connectivity index (χ1n) is 3.87. The van der Waals surface area contributed by atoms with Crippen molar-refractivity contribution in [3.8, 4) is 0 Å². The average Bonchev–Trinajstić information content (AvgIpc) is 1.86. The van der Waals surface area contributed by atoms with Gasteiger partial charge < -0.3 is 0 Å². The molecule has 0 spiro atoms. The van der Waals surface area contributed by atoms with Crippen molar-refractivity contribution in [2.75, 3.05) is 0 Å². The molecule has 10 heavy (non-hydrogen) atoms. The topological polar surface area (TPSA) is 12.9 Å². The summed E-state index contributed by atoms with van der Waals surface area (Å²) in [6.45, 7) is 0. The molecule has 0 saturated heterocycles. The fourth-order valence-electron chi connectivity index (χ4n) is 1.38. The lowest BCUT2D eigenvalue weighted by atomic mass is 9.80. The highest BCUT2D eigenvalue weighted by Gasteiger charge is 2.18. The van der Waals surface area contributed by atoms with Crippen LogP contribution in [0.25, 0.3) is 0 Å². The van der Waals surface area contributed by atoms with Crippen molar-refractivity contribution < 1.29 is 0 Å². The van der Waals surface area contributed by atoms with Crippen LogP contribution < -0.4 is 0 Å². The van der Waals surface area contributed by atoms with Crippen LogP contribution in [0.5, 0.6) is 0 Å². The maximum atomic E-state index is 3.99.